The number of nitrogens with zero attached hydrogens (tertiary/aromatic N) is 6. The molecule has 2 aliphatic rings. The molecule has 144 valence electrons. The summed E-state index contributed by atoms with van der Waals surface area (Å²) >= 11 is 0. The van der Waals surface area contributed by atoms with Crippen LogP contribution in [0.5, 0.6) is 0 Å². The Hall–Kier alpha value is -2.35. The molecule has 1 aromatic heterocycles. The van der Waals surface area contributed by atoms with E-state index in [0.29, 0.717) is 13.0 Å². The molecule has 8 heteroatoms. The summed E-state index contributed by atoms with van der Waals surface area (Å²) in [6.07, 6.45) is 5.34. The Morgan fingerprint density at radius 3 is 2.78 bits per heavy atom. The number of carbonyl (C=O) groups is 1. The molecule has 7 nitrogen and oxygen atoms in total. The fourth-order valence-electron chi connectivity index (χ4n) is 4.43. The molecule has 3 heterocycles. The maximum Gasteiger partial charge on any atom is 0.224 e. The maximum atomic E-state index is 13.1. The normalized spacial score (nSPS) is 23.2. The standard InChI is InChI=1S/C19H25FN6O/c20-17-4-2-16(3-5-17)12-24-9-1-7-19(13-24)8-11-25(14-19)18(27)6-10-26-15-21-22-23-26/h2-5,15H,1,6-14H2/t19-/m0/s1. The van der Waals surface area contributed by atoms with Crippen LogP contribution in [0.25, 0.3) is 0 Å². The monoisotopic (exact) mass is 372 g/mol. The molecule has 2 fully saturated rings. The number of halogens is 1. The average Bonchev–Trinajstić information content (AvgIpc) is 3.32. The molecule has 1 spiro atoms. The van der Waals surface area contributed by atoms with Crippen molar-refractivity contribution in [3.63, 3.8) is 0 Å². The van der Waals surface area contributed by atoms with Gasteiger partial charge in [-0.2, -0.15) is 0 Å². The molecular weight excluding hydrogens is 347 g/mol. The first kappa shape index (κ1) is 18.0. The predicted molar refractivity (Wildman–Crippen MR) is 97.0 cm³/mol. The Balaban J connectivity index is 1.31. The molecule has 0 saturated carbocycles. The molecule has 0 N–H and O–H groups in total. The van der Waals surface area contributed by atoms with Gasteiger partial charge in [0.05, 0.1) is 6.54 Å². The highest BCUT2D eigenvalue weighted by Gasteiger charge is 2.42. The van der Waals surface area contributed by atoms with Crippen molar-refractivity contribution in [2.75, 3.05) is 26.2 Å². The fourth-order valence-corrected chi connectivity index (χ4v) is 4.43. The molecule has 0 unspecified atom stereocenters. The van der Waals surface area contributed by atoms with Crippen LogP contribution in [0.1, 0.15) is 31.2 Å². The van der Waals surface area contributed by atoms with Crippen molar-refractivity contribution in [3.8, 4) is 0 Å². The number of aromatic nitrogens is 4. The number of rotatable bonds is 5. The molecule has 0 bridgehead atoms. The summed E-state index contributed by atoms with van der Waals surface area (Å²) in [6.45, 7) is 5.09. The minimum atomic E-state index is -0.194. The second-order valence-corrected chi connectivity index (χ2v) is 7.83. The van der Waals surface area contributed by atoms with Crippen molar-refractivity contribution in [3.05, 3.63) is 42.0 Å². The molecule has 4 rings (SSSR count). The minimum Gasteiger partial charge on any atom is -0.342 e. The minimum absolute atomic E-state index is 0.179. The number of carbonyl (C=O) groups excluding carboxylic acids is 1. The highest BCUT2D eigenvalue weighted by Crippen LogP contribution is 2.39. The fraction of sp³-hybridized carbons (Fsp3) is 0.579. The zero-order chi connectivity index (χ0) is 18.7. The topological polar surface area (TPSA) is 67.2 Å². The number of hydrogen-bond donors (Lipinski definition) is 0. The predicted octanol–water partition coefficient (Wildman–Crippen LogP) is 1.72. The number of piperidine rings is 1. The molecule has 2 aliphatic heterocycles. The highest BCUT2D eigenvalue weighted by atomic mass is 19.1. The summed E-state index contributed by atoms with van der Waals surface area (Å²) in [4.78, 5) is 17.0. The van der Waals surface area contributed by atoms with Gasteiger partial charge in [0.1, 0.15) is 12.1 Å². The van der Waals surface area contributed by atoms with E-state index in [9.17, 15) is 9.18 Å². The third-order valence-electron chi connectivity index (χ3n) is 5.80. The van der Waals surface area contributed by atoms with E-state index in [-0.39, 0.29) is 17.1 Å². The van der Waals surface area contributed by atoms with E-state index in [1.54, 1.807) is 4.68 Å². The highest BCUT2D eigenvalue weighted by molar-refractivity contribution is 5.76. The third kappa shape index (κ3) is 4.32. The zero-order valence-corrected chi connectivity index (χ0v) is 15.4. The Kier molecular flexibility index (Phi) is 5.15. The van der Waals surface area contributed by atoms with Crippen molar-refractivity contribution in [2.45, 2.75) is 38.8 Å². The summed E-state index contributed by atoms with van der Waals surface area (Å²) < 4.78 is 14.7. The molecule has 0 radical (unpaired) electrons. The zero-order valence-electron chi connectivity index (χ0n) is 15.4. The number of likely N-dealkylation sites (tertiary alicyclic amines) is 2. The first-order valence-corrected chi connectivity index (χ1v) is 9.57. The van der Waals surface area contributed by atoms with Crippen LogP contribution < -0.4 is 0 Å². The number of tetrazole rings is 1. The van der Waals surface area contributed by atoms with E-state index in [2.05, 4.69) is 20.4 Å². The van der Waals surface area contributed by atoms with Crippen LogP contribution in [0.15, 0.2) is 30.6 Å². The van der Waals surface area contributed by atoms with Crippen LogP contribution >= 0.6 is 0 Å². The lowest BCUT2D eigenvalue weighted by Crippen LogP contribution is -2.45. The Morgan fingerprint density at radius 2 is 2.00 bits per heavy atom. The Morgan fingerprint density at radius 1 is 1.15 bits per heavy atom. The van der Waals surface area contributed by atoms with Crippen molar-refractivity contribution in [1.29, 1.82) is 0 Å². The lowest BCUT2D eigenvalue weighted by molar-refractivity contribution is -0.131. The van der Waals surface area contributed by atoms with Crippen LogP contribution in [0.4, 0.5) is 4.39 Å². The summed E-state index contributed by atoms with van der Waals surface area (Å²) in [5.74, 6) is -0.0153. The number of amides is 1. The van der Waals surface area contributed by atoms with E-state index in [4.69, 9.17) is 0 Å². The van der Waals surface area contributed by atoms with Gasteiger partial charge in [0.25, 0.3) is 0 Å². The molecule has 1 atom stereocenters. The van der Waals surface area contributed by atoms with E-state index in [1.807, 2.05) is 17.0 Å². The van der Waals surface area contributed by atoms with Crippen LogP contribution in [-0.2, 0) is 17.9 Å². The van der Waals surface area contributed by atoms with Crippen molar-refractivity contribution in [1.82, 2.24) is 30.0 Å². The Bertz CT molecular complexity index is 765. The van der Waals surface area contributed by atoms with Crippen LogP contribution in [0.3, 0.4) is 0 Å². The summed E-state index contributed by atoms with van der Waals surface area (Å²) in [5, 5.41) is 11.0. The molecule has 1 aromatic carbocycles. The smallest absolute Gasteiger partial charge is 0.224 e. The molecular formula is C19H25FN6O. The van der Waals surface area contributed by atoms with Crippen LogP contribution in [0, 0.1) is 11.2 Å². The van der Waals surface area contributed by atoms with Gasteiger partial charge >= 0.3 is 0 Å². The lowest BCUT2D eigenvalue weighted by atomic mass is 9.79. The van der Waals surface area contributed by atoms with Crippen molar-refractivity contribution < 1.29 is 9.18 Å². The van der Waals surface area contributed by atoms with Gasteiger partial charge in [-0.25, -0.2) is 9.07 Å². The quantitative estimate of drug-likeness (QED) is 0.799. The number of aryl methyl sites for hydroxylation is 1. The van der Waals surface area contributed by atoms with Gasteiger partial charge in [-0.1, -0.05) is 12.1 Å². The van der Waals surface area contributed by atoms with Gasteiger partial charge in [-0.3, -0.25) is 9.69 Å². The van der Waals surface area contributed by atoms with Gasteiger partial charge in [0.2, 0.25) is 5.91 Å². The molecule has 2 saturated heterocycles. The van der Waals surface area contributed by atoms with E-state index in [1.165, 1.54) is 24.9 Å². The van der Waals surface area contributed by atoms with Crippen LogP contribution in [0.2, 0.25) is 0 Å². The summed E-state index contributed by atoms with van der Waals surface area (Å²) in [7, 11) is 0. The van der Waals surface area contributed by atoms with Gasteiger partial charge in [-0.15, -0.1) is 5.10 Å². The van der Waals surface area contributed by atoms with E-state index >= 15 is 0 Å². The molecule has 2 aromatic rings. The van der Waals surface area contributed by atoms with E-state index in [0.717, 1.165) is 51.1 Å². The van der Waals surface area contributed by atoms with E-state index < -0.39 is 0 Å². The first-order chi connectivity index (χ1) is 13.1. The second-order valence-electron chi connectivity index (χ2n) is 7.83. The molecule has 1 amide bonds. The summed E-state index contributed by atoms with van der Waals surface area (Å²) in [5.41, 5.74) is 1.34. The van der Waals surface area contributed by atoms with Gasteiger partial charge in [-0.05, 0) is 53.9 Å². The summed E-state index contributed by atoms with van der Waals surface area (Å²) in [6, 6.07) is 6.77. The maximum absolute atomic E-state index is 13.1. The van der Waals surface area contributed by atoms with Gasteiger partial charge in [0.15, 0.2) is 0 Å². The van der Waals surface area contributed by atoms with Crippen molar-refractivity contribution >= 4 is 5.91 Å². The van der Waals surface area contributed by atoms with Gasteiger partial charge in [0, 0.05) is 38.0 Å². The lowest BCUT2D eigenvalue weighted by Gasteiger charge is -2.40. The first-order valence-electron chi connectivity index (χ1n) is 9.57. The second kappa shape index (κ2) is 7.72. The van der Waals surface area contributed by atoms with Crippen LogP contribution in [-0.4, -0.2) is 62.1 Å². The molecule has 0 aliphatic carbocycles. The molecule has 27 heavy (non-hydrogen) atoms. The number of benzene rings is 1. The largest absolute Gasteiger partial charge is 0.342 e. The third-order valence-corrected chi connectivity index (χ3v) is 5.80. The van der Waals surface area contributed by atoms with Gasteiger partial charge < -0.3 is 4.90 Å². The Labute approximate surface area is 158 Å². The van der Waals surface area contributed by atoms with Crippen molar-refractivity contribution in [2.24, 2.45) is 5.41 Å². The number of hydrogen-bond acceptors (Lipinski definition) is 5. The SMILES string of the molecule is O=C(CCn1cnnn1)N1CC[C@]2(CCCN(Cc3ccc(F)cc3)C2)C1. The average molecular weight is 372 g/mol.